The van der Waals surface area contributed by atoms with Crippen LogP contribution in [-0.4, -0.2) is 26.8 Å². The molecule has 0 saturated carbocycles. The van der Waals surface area contributed by atoms with Crippen LogP contribution in [0.2, 0.25) is 5.02 Å². The van der Waals surface area contributed by atoms with Crippen LogP contribution in [0.25, 0.3) is 0 Å². The van der Waals surface area contributed by atoms with E-state index in [4.69, 9.17) is 11.6 Å². The van der Waals surface area contributed by atoms with Gasteiger partial charge in [-0.15, -0.1) is 0 Å². The summed E-state index contributed by atoms with van der Waals surface area (Å²) in [6.07, 6.45) is 1.96. The molecule has 2 aromatic rings. The molecule has 0 saturated heterocycles. The molecule has 0 atom stereocenters. The van der Waals surface area contributed by atoms with Crippen molar-refractivity contribution in [3.05, 3.63) is 56.6 Å². The largest absolute Gasteiger partial charge is 0.320 e. The van der Waals surface area contributed by atoms with Gasteiger partial charge in [0.15, 0.2) is 0 Å². The van der Waals surface area contributed by atoms with E-state index in [-0.39, 0.29) is 16.3 Å². The Kier molecular flexibility index (Phi) is 4.47. The number of hydrogen-bond acceptors (Lipinski definition) is 5. The lowest BCUT2D eigenvalue weighted by Gasteiger charge is -2.01. The Morgan fingerprint density at radius 2 is 2.32 bits per heavy atom. The summed E-state index contributed by atoms with van der Waals surface area (Å²) in [5.74, 6) is -1.47. The van der Waals surface area contributed by atoms with Crippen LogP contribution in [0.5, 0.6) is 0 Å². The summed E-state index contributed by atoms with van der Waals surface area (Å²) < 4.78 is 14.5. The number of rotatable bonds is 4. The van der Waals surface area contributed by atoms with Crippen molar-refractivity contribution in [2.75, 3.05) is 0 Å². The standard InChI is InChI=1S/C12H9ClFN5O3/c1-18-11(10(6-16-18)19(21)22)12(20)17-15-5-7-8(13)3-2-4-9(7)14/h2-6H,1H3,(H,17,20)/b15-5-. The maximum atomic E-state index is 13.5. The molecule has 0 spiro atoms. The molecule has 1 heterocycles. The molecular formula is C12H9ClFN5O3. The van der Waals surface area contributed by atoms with E-state index >= 15 is 0 Å². The van der Waals surface area contributed by atoms with Crippen molar-refractivity contribution < 1.29 is 14.1 Å². The van der Waals surface area contributed by atoms with E-state index in [9.17, 15) is 19.3 Å². The van der Waals surface area contributed by atoms with Crippen molar-refractivity contribution in [3.63, 3.8) is 0 Å². The Bertz CT molecular complexity index is 754. The van der Waals surface area contributed by atoms with Gasteiger partial charge in [0.25, 0.3) is 5.91 Å². The van der Waals surface area contributed by atoms with Crippen LogP contribution in [0.4, 0.5) is 10.1 Å². The number of amides is 1. The van der Waals surface area contributed by atoms with Gasteiger partial charge in [-0.25, -0.2) is 9.82 Å². The third-order valence-corrected chi connectivity index (χ3v) is 3.02. The molecule has 8 nitrogen and oxygen atoms in total. The Balaban J connectivity index is 2.19. The Hall–Kier alpha value is -2.81. The number of nitrogens with one attached hydrogen (secondary N) is 1. The Morgan fingerprint density at radius 1 is 1.59 bits per heavy atom. The fraction of sp³-hybridized carbons (Fsp3) is 0.0833. The minimum atomic E-state index is -0.851. The topological polar surface area (TPSA) is 102 Å². The zero-order valence-electron chi connectivity index (χ0n) is 11.2. The molecule has 0 fully saturated rings. The number of carbonyl (C=O) groups is 1. The van der Waals surface area contributed by atoms with E-state index in [0.717, 1.165) is 17.1 Å². The SMILES string of the molecule is Cn1ncc([N+](=O)[O-])c1C(=O)N/N=C\c1c(F)cccc1Cl. The first-order chi connectivity index (χ1) is 10.4. The van der Waals surface area contributed by atoms with Crippen molar-refractivity contribution in [2.45, 2.75) is 0 Å². The summed E-state index contributed by atoms with van der Waals surface area (Å²) in [5.41, 5.74) is 1.32. The fourth-order valence-corrected chi connectivity index (χ4v) is 1.88. The van der Waals surface area contributed by atoms with Gasteiger partial charge in [-0.3, -0.25) is 19.6 Å². The van der Waals surface area contributed by atoms with Crippen molar-refractivity contribution in [3.8, 4) is 0 Å². The lowest BCUT2D eigenvalue weighted by atomic mass is 10.2. The quantitative estimate of drug-likeness (QED) is 0.526. The first-order valence-corrected chi connectivity index (χ1v) is 6.23. The second-order valence-corrected chi connectivity index (χ2v) is 4.50. The molecule has 2 rings (SSSR count). The maximum absolute atomic E-state index is 13.5. The summed E-state index contributed by atoms with van der Waals surface area (Å²) >= 11 is 5.79. The molecule has 114 valence electrons. The lowest BCUT2D eigenvalue weighted by Crippen LogP contribution is -2.22. The molecule has 0 bridgehead atoms. The predicted octanol–water partition coefficient (Wildman–Crippen LogP) is 1.88. The molecule has 0 aliphatic heterocycles. The van der Waals surface area contributed by atoms with Gasteiger partial charge < -0.3 is 0 Å². The van der Waals surface area contributed by atoms with E-state index < -0.39 is 22.3 Å². The minimum absolute atomic E-state index is 0.0102. The molecule has 1 amide bonds. The van der Waals surface area contributed by atoms with Gasteiger partial charge >= 0.3 is 5.69 Å². The zero-order valence-corrected chi connectivity index (χ0v) is 11.9. The van der Waals surface area contributed by atoms with Gasteiger partial charge in [-0.2, -0.15) is 10.2 Å². The monoisotopic (exact) mass is 325 g/mol. The number of hydrazone groups is 1. The number of aromatic nitrogens is 2. The summed E-state index contributed by atoms with van der Waals surface area (Å²) in [5, 5.41) is 18.1. The number of nitrogens with zero attached hydrogens (tertiary/aromatic N) is 4. The van der Waals surface area contributed by atoms with Gasteiger partial charge in [0.1, 0.15) is 12.0 Å². The molecule has 1 aromatic heterocycles. The van der Waals surface area contributed by atoms with Gasteiger partial charge in [0, 0.05) is 12.6 Å². The molecule has 0 radical (unpaired) electrons. The number of aryl methyl sites for hydroxylation is 1. The van der Waals surface area contributed by atoms with Crippen LogP contribution in [0, 0.1) is 15.9 Å². The molecular weight excluding hydrogens is 317 g/mol. The van der Waals surface area contributed by atoms with Crippen LogP contribution in [0.1, 0.15) is 16.1 Å². The number of carbonyl (C=O) groups excluding carboxylic acids is 1. The average molecular weight is 326 g/mol. The molecule has 1 aromatic carbocycles. The van der Waals surface area contributed by atoms with Crippen molar-refractivity contribution in [2.24, 2.45) is 12.1 Å². The van der Waals surface area contributed by atoms with Crippen molar-refractivity contribution in [1.82, 2.24) is 15.2 Å². The molecule has 1 N–H and O–H groups in total. The van der Waals surface area contributed by atoms with Crippen LogP contribution in [-0.2, 0) is 7.05 Å². The molecule has 10 heteroatoms. The first kappa shape index (κ1) is 15.6. The second kappa shape index (κ2) is 6.31. The van der Waals surface area contributed by atoms with Crippen LogP contribution >= 0.6 is 11.6 Å². The van der Waals surface area contributed by atoms with Crippen LogP contribution in [0.15, 0.2) is 29.5 Å². The fourth-order valence-electron chi connectivity index (χ4n) is 1.67. The highest BCUT2D eigenvalue weighted by atomic mass is 35.5. The highest BCUT2D eigenvalue weighted by Crippen LogP contribution is 2.17. The minimum Gasteiger partial charge on any atom is -0.265 e. The normalized spacial score (nSPS) is 10.9. The van der Waals surface area contributed by atoms with E-state index in [1.54, 1.807) is 0 Å². The second-order valence-electron chi connectivity index (χ2n) is 4.09. The highest BCUT2D eigenvalue weighted by Gasteiger charge is 2.25. The van der Waals surface area contributed by atoms with Crippen molar-refractivity contribution >= 4 is 29.4 Å². The molecule has 0 unspecified atom stereocenters. The number of benzene rings is 1. The summed E-state index contributed by atoms with van der Waals surface area (Å²) in [7, 11) is 1.37. The van der Waals surface area contributed by atoms with Gasteiger partial charge in [-0.05, 0) is 12.1 Å². The van der Waals surface area contributed by atoms with Gasteiger partial charge in [0.2, 0.25) is 5.69 Å². The van der Waals surface area contributed by atoms with E-state index in [2.05, 4.69) is 15.6 Å². The van der Waals surface area contributed by atoms with Gasteiger partial charge in [-0.1, -0.05) is 17.7 Å². The number of nitro groups is 1. The Morgan fingerprint density at radius 3 is 2.95 bits per heavy atom. The maximum Gasteiger partial charge on any atom is 0.320 e. The highest BCUT2D eigenvalue weighted by molar-refractivity contribution is 6.33. The number of hydrogen-bond donors (Lipinski definition) is 1. The third kappa shape index (κ3) is 3.09. The smallest absolute Gasteiger partial charge is 0.265 e. The molecule has 22 heavy (non-hydrogen) atoms. The summed E-state index contributed by atoms with van der Waals surface area (Å²) in [6, 6.07) is 4.06. The Labute approximate surface area is 128 Å². The van der Waals surface area contributed by atoms with E-state index in [1.807, 2.05) is 0 Å². The average Bonchev–Trinajstić information content (AvgIpc) is 2.84. The third-order valence-electron chi connectivity index (χ3n) is 2.69. The van der Waals surface area contributed by atoms with Crippen LogP contribution in [0.3, 0.4) is 0 Å². The van der Waals surface area contributed by atoms with E-state index in [0.29, 0.717) is 0 Å². The molecule has 0 aliphatic carbocycles. The summed E-state index contributed by atoms with van der Waals surface area (Å²) in [6.45, 7) is 0. The number of halogens is 2. The van der Waals surface area contributed by atoms with Crippen LogP contribution < -0.4 is 5.43 Å². The van der Waals surface area contributed by atoms with Gasteiger partial charge in [0.05, 0.1) is 16.2 Å². The molecule has 0 aliphatic rings. The zero-order chi connectivity index (χ0) is 16.3. The summed E-state index contributed by atoms with van der Waals surface area (Å²) in [4.78, 5) is 21.9. The van der Waals surface area contributed by atoms with E-state index in [1.165, 1.54) is 25.2 Å². The first-order valence-electron chi connectivity index (χ1n) is 5.85. The lowest BCUT2D eigenvalue weighted by molar-refractivity contribution is -0.385. The van der Waals surface area contributed by atoms with Crippen molar-refractivity contribution in [1.29, 1.82) is 0 Å². The predicted molar refractivity (Wildman–Crippen MR) is 76.3 cm³/mol.